The summed E-state index contributed by atoms with van der Waals surface area (Å²) in [5.41, 5.74) is 4.96. The Labute approximate surface area is 91.4 Å². The van der Waals surface area contributed by atoms with E-state index >= 15 is 0 Å². The van der Waals surface area contributed by atoms with Gasteiger partial charge in [-0.2, -0.15) is 18.3 Å². The second-order valence-electron chi connectivity index (χ2n) is 4.56. The van der Waals surface area contributed by atoms with Crippen molar-refractivity contribution in [2.24, 2.45) is 18.2 Å². The second kappa shape index (κ2) is 3.48. The van der Waals surface area contributed by atoms with Crippen LogP contribution in [0.3, 0.4) is 0 Å². The molecular formula is C10H14F3N3. The van der Waals surface area contributed by atoms with Crippen molar-refractivity contribution in [3.63, 3.8) is 0 Å². The van der Waals surface area contributed by atoms with E-state index in [1.165, 1.54) is 17.9 Å². The van der Waals surface area contributed by atoms with Crippen molar-refractivity contribution in [2.75, 3.05) is 6.54 Å². The molecule has 0 amide bonds. The first-order chi connectivity index (χ1) is 7.36. The number of aryl methyl sites for hydroxylation is 1. The maximum Gasteiger partial charge on any atom is 0.435 e. The summed E-state index contributed by atoms with van der Waals surface area (Å²) < 4.78 is 39.2. The summed E-state index contributed by atoms with van der Waals surface area (Å²) in [4.78, 5) is 0. The second-order valence-corrected chi connectivity index (χ2v) is 4.56. The summed E-state index contributed by atoms with van der Waals surface area (Å²) >= 11 is 0. The highest BCUT2D eigenvalue weighted by Gasteiger charge is 2.45. The van der Waals surface area contributed by atoms with Gasteiger partial charge in [0.25, 0.3) is 0 Å². The van der Waals surface area contributed by atoms with Crippen LogP contribution >= 0.6 is 0 Å². The Balaban J connectivity index is 2.27. The molecule has 0 saturated heterocycles. The monoisotopic (exact) mass is 233 g/mol. The molecule has 0 bridgehead atoms. The minimum atomic E-state index is -4.37. The van der Waals surface area contributed by atoms with E-state index in [0.717, 1.165) is 12.8 Å². The molecule has 3 nitrogen and oxygen atoms in total. The van der Waals surface area contributed by atoms with Crippen molar-refractivity contribution >= 4 is 0 Å². The zero-order chi connectivity index (χ0) is 12.0. The van der Waals surface area contributed by atoms with E-state index in [4.69, 9.17) is 5.73 Å². The molecule has 6 heteroatoms. The molecule has 90 valence electrons. The average molecular weight is 233 g/mol. The summed E-state index contributed by atoms with van der Waals surface area (Å²) in [5, 5.41) is 3.48. The maximum atomic E-state index is 12.7. The lowest BCUT2D eigenvalue weighted by Gasteiger charge is -2.12. The minimum Gasteiger partial charge on any atom is -0.330 e. The van der Waals surface area contributed by atoms with Crippen molar-refractivity contribution in [1.82, 2.24) is 9.78 Å². The molecule has 2 N–H and O–H groups in total. The fourth-order valence-corrected chi connectivity index (χ4v) is 1.94. The van der Waals surface area contributed by atoms with E-state index in [2.05, 4.69) is 5.10 Å². The van der Waals surface area contributed by atoms with Gasteiger partial charge in [-0.15, -0.1) is 0 Å². The van der Waals surface area contributed by atoms with Crippen LogP contribution < -0.4 is 5.73 Å². The molecular weight excluding hydrogens is 219 g/mol. The number of hydrogen-bond donors (Lipinski definition) is 1. The Morgan fingerprint density at radius 3 is 2.56 bits per heavy atom. The van der Waals surface area contributed by atoms with Crippen LogP contribution in [0.4, 0.5) is 13.2 Å². The number of alkyl halides is 3. The number of hydrogen-bond acceptors (Lipinski definition) is 2. The maximum absolute atomic E-state index is 12.7. The number of halogens is 3. The third-order valence-corrected chi connectivity index (χ3v) is 3.13. The molecule has 0 atom stereocenters. The predicted octanol–water partition coefficient (Wildman–Crippen LogP) is 1.72. The highest BCUT2D eigenvalue weighted by molar-refractivity contribution is 5.23. The molecule has 1 aliphatic carbocycles. The van der Waals surface area contributed by atoms with Gasteiger partial charge in [-0.05, 0) is 31.2 Å². The van der Waals surface area contributed by atoms with Gasteiger partial charge in [0, 0.05) is 18.8 Å². The van der Waals surface area contributed by atoms with Crippen LogP contribution in [-0.4, -0.2) is 16.3 Å². The minimum absolute atomic E-state index is 0.108. The van der Waals surface area contributed by atoms with Crippen LogP contribution in [0, 0.1) is 5.41 Å². The lowest BCUT2D eigenvalue weighted by molar-refractivity contribution is -0.142. The quantitative estimate of drug-likeness (QED) is 0.863. The van der Waals surface area contributed by atoms with Gasteiger partial charge >= 0.3 is 6.18 Å². The molecule has 1 aromatic rings. The number of nitrogens with zero attached hydrogens (tertiary/aromatic N) is 2. The molecule has 0 spiro atoms. The molecule has 0 aromatic carbocycles. The lowest BCUT2D eigenvalue weighted by Crippen LogP contribution is -2.19. The van der Waals surface area contributed by atoms with Gasteiger partial charge in [-0.1, -0.05) is 0 Å². The summed E-state index contributed by atoms with van der Waals surface area (Å²) in [7, 11) is 1.50. The van der Waals surface area contributed by atoms with Gasteiger partial charge in [0.2, 0.25) is 0 Å². The van der Waals surface area contributed by atoms with Crippen LogP contribution in [0.1, 0.15) is 24.1 Å². The Hall–Kier alpha value is -1.04. The first kappa shape index (κ1) is 11.4. The van der Waals surface area contributed by atoms with Gasteiger partial charge in [0.15, 0.2) is 5.69 Å². The van der Waals surface area contributed by atoms with Gasteiger partial charge in [-0.25, -0.2) is 0 Å². The smallest absolute Gasteiger partial charge is 0.330 e. The van der Waals surface area contributed by atoms with E-state index in [0.29, 0.717) is 13.0 Å². The first-order valence-electron chi connectivity index (χ1n) is 5.16. The van der Waals surface area contributed by atoms with Crippen molar-refractivity contribution in [3.05, 3.63) is 17.5 Å². The molecule has 1 heterocycles. The molecule has 0 radical (unpaired) electrons. The Bertz CT molecular complexity index is 391. The molecule has 2 rings (SSSR count). The Morgan fingerprint density at radius 2 is 2.12 bits per heavy atom. The molecule has 1 fully saturated rings. The summed E-state index contributed by atoms with van der Waals surface area (Å²) in [6, 6.07) is 0. The van der Waals surface area contributed by atoms with Crippen LogP contribution in [0.2, 0.25) is 0 Å². The van der Waals surface area contributed by atoms with Gasteiger partial charge in [-0.3, -0.25) is 4.68 Å². The predicted molar refractivity (Wildman–Crippen MR) is 52.6 cm³/mol. The van der Waals surface area contributed by atoms with Gasteiger partial charge in [0.1, 0.15) is 0 Å². The van der Waals surface area contributed by atoms with E-state index in [-0.39, 0.29) is 11.0 Å². The van der Waals surface area contributed by atoms with Crippen LogP contribution in [0.5, 0.6) is 0 Å². The van der Waals surface area contributed by atoms with Crippen molar-refractivity contribution in [2.45, 2.75) is 25.4 Å². The van der Waals surface area contributed by atoms with Gasteiger partial charge in [0.05, 0.1) is 0 Å². The van der Waals surface area contributed by atoms with E-state index < -0.39 is 11.9 Å². The SMILES string of the molecule is Cn1cc(CC2(CN)CC2)c(C(F)(F)F)n1. The fourth-order valence-electron chi connectivity index (χ4n) is 1.94. The number of aromatic nitrogens is 2. The van der Waals surface area contributed by atoms with Crippen molar-refractivity contribution in [3.8, 4) is 0 Å². The molecule has 0 aliphatic heterocycles. The zero-order valence-electron chi connectivity index (χ0n) is 9.01. The molecule has 1 saturated carbocycles. The largest absolute Gasteiger partial charge is 0.435 e. The van der Waals surface area contributed by atoms with Gasteiger partial charge < -0.3 is 5.73 Å². The average Bonchev–Trinajstić information content (AvgIpc) is 2.83. The summed E-state index contributed by atoms with van der Waals surface area (Å²) in [6.07, 6.45) is -0.725. The third-order valence-electron chi connectivity index (χ3n) is 3.13. The standard InChI is InChI=1S/C10H14F3N3/c1-16-5-7(4-9(6-14)2-3-9)8(15-16)10(11,12)13/h5H,2-4,6,14H2,1H3. The van der Waals surface area contributed by atoms with Crippen LogP contribution in [0.15, 0.2) is 6.20 Å². The molecule has 16 heavy (non-hydrogen) atoms. The van der Waals surface area contributed by atoms with Crippen LogP contribution in [-0.2, 0) is 19.6 Å². The molecule has 1 aliphatic rings. The number of rotatable bonds is 3. The third kappa shape index (κ3) is 2.07. The normalized spacial score (nSPS) is 18.8. The van der Waals surface area contributed by atoms with E-state index in [1.807, 2.05) is 0 Å². The Morgan fingerprint density at radius 1 is 1.50 bits per heavy atom. The van der Waals surface area contributed by atoms with E-state index in [9.17, 15) is 13.2 Å². The highest BCUT2D eigenvalue weighted by atomic mass is 19.4. The molecule has 0 unspecified atom stereocenters. The fraction of sp³-hybridized carbons (Fsp3) is 0.700. The zero-order valence-corrected chi connectivity index (χ0v) is 9.01. The summed E-state index contributed by atoms with van der Waals surface area (Å²) in [6.45, 7) is 0.444. The first-order valence-corrected chi connectivity index (χ1v) is 5.16. The lowest BCUT2D eigenvalue weighted by atomic mass is 9.97. The topological polar surface area (TPSA) is 43.8 Å². The molecule has 1 aromatic heterocycles. The van der Waals surface area contributed by atoms with E-state index in [1.54, 1.807) is 0 Å². The highest BCUT2D eigenvalue weighted by Crippen LogP contribution is 2.48. The summed E-state index contributed by atoms with van der Waals surface area (Å²) in [5.74, 6) is 0. The van der Waals surface area contributed by atoms with Crippen LogP contribution in [0.25, 0.3) is 0 Å². The Kier molecular flexibility index (Phi) is 2.49. The van der Waals surface area contributed by atoms with Crippen molar-refractivity contribution in [1.29, 1.82) is 0 Å². The number of nitrogens with two attached hydrogens (primary N) is 1. The van der Waals surface area contributed by atoms with Crippen molar-refractivity contribution < 1.29 is 13.2 Å².